The Hall–Kier alpha value is -1.86. The summed E-state index contributed by atoms with van der Waals surface area (Å²) >= 11 is 8.16. The predicted octanol–water partition coefficient (Wildman–Crippen LogP) is 2.53. The number of halogens is 1. The Balaban J connectivity index is 2.32. The zero-order chi connectivity index (χ0) is 20.8. The molecule has 1 aliphatic rings. The number of aliphatic carboxylic acids is 1. The second-order valence-corrected chi connectivity index (χ2v) is 8.13. The van der Waals surface area contributed by atoms with Crippen LogP contribution in [0.1, 0.15) is 12.5 Å². The van der Waals surface area contributed by atoms with E-state index in [0.29, 0.717) is 32.1 Å². The Labute approximate surface area is 184 Å². The zero-order valence-electron chi connectivity index (χ0n) is 14.9. The highest BCUT2D eigenvalue weighted by Gasteiger charge is 2.33. The van der Waals surface area contributed by atoms with Gasteiger partial charge in [0.25, 0.3) is 5.91 Å². The lowest BCUT2D eigenvalue weighted by atomic mass is 10.2. The standard InChI is InChI=1S/C17H16INO7S2/c1-3-25-11-5-9(4-10(18)15(11)26-8-14(22)24-2)6-12-16(23)19(7-13(20)21)17(27)28-12/h4-6H,3,7-8H2,1-2H3,(H,20,21). The van der Waals surface area contributed by atoms with Crippen molar-refractivity contribution >= 4 is 74.8 Å². The van der Waals surface area contributed by atoms with Gasteiger partial charge in [0.15, 0.2) is 18.1 Å². The molecule has 1 saturated heterocycles. The van der Waals surface area contributed by atoms with Crippen molar-refractivity contribution in [3.63, 3.8) is 0 Å². The van der Waals surface area contributed by atoms with Crippen molar-refractivity contribution in [2.45, 2.75) is 6.92 Å². The highest BCUT2D eigenvalue weighted by Crippen LogP contribution is 2.37. The normalized spacial score (nSPS) is 15.1. The first-order valence-corrected chi connectivity index (χ1v) is 10.2. The molecule has 8 nitrogen and oxygen atoms in total. The largest absolute Gasteiger partial charge is 0.490 e. The van der Waals surface area contributed by atoms with E-state index in [1.807, 2.05) is 22.6 Å². The topological polar surface area (TPSA) is 102 Å². The average molecular weight is 537 g/mol. The number of hydrogen-bond acceptors (Lipinski definition) is 8. The third-order valence-corrected chi connectivity index (χ3v) is 5.54. The summed E-state index contributed by atoms with van der Waals surface area (Å²) in [4.78, 5) is 36.0. The van der Waals surface area contributed by atoms with Crippen LogP contribution in [0.15, 0.2) is 17.0 Å². The minimum Gasteiger partial charge on any atom is -0.490 e. The molecule has 1 aromatic rings. The van der Waals surface area contributed by atoms with Crippen molar-refractivity contribution in [3.05, 3.63) is 26.2 Å². The van der Waals surface area contributed by atoms with Gasteiger partial charge in [0.2, 0.25) is 0 Å². The van der Waals surface area contributed by atoms with Crippen LogP contribution in [-0.4, -0.2) is 59.0 Å². The van der Waals surface area contributed by atoms with Crippen LogP contribution in [0.2, 0.25) is 0 Å². The van der Waals surface area contributed by atoms with E-state index in [-0.39, 0.29) is 10.9 Å². The van der Waals surface area contributed by atoms with Gasteiger partial charge in [-0.15, -0.1) is 0 Å². The summed E-state index contributed by atoms with van der Waals surface area (Å²) in [5.74, 6) is -1.33. The molecule has 1 amide bonds. The lowest BCUT2D eigenvalue weighted by Crippen LogP contribution is -2.33. The number of methoxy groups -OCH3 is 1. The number of esters is 1. The first-order valence-electron chi connectivity index (χ1n) is 7.90. The fraction of sp³-hybridized carbons (Fsp3) is 0.294. The Kier molecular flexibility index (Phi) is 8.07. The van der Waals surface area contributed by atoms with Crippen molar-refractivity contribution in [2.75, 3.05) is 26.9 Å². The van der Waals surface area contributed by atoms with Crippen LogP contribution < -0.4 is 9.47 Å². The first-order chi connectivity index (χ1) is 13.3. The number of nitrogens with zero attached hydrogens (tertiary/aromatic N) is 1. The minimum atomic E-state index is -1.14. The van der Waals surface area contributed by atoms with Gasteiger partial charge in [0.1, 0.15) is 10.9 Å². The number of amides is 1. The van der Waals surface area contributed by atoms with Crippen molar-refractivity contribution < 1.29 is 33.7 Å². The van der Waals surface area contributed by atoms with Crippen LogP contribution >= 0.6 is 46.6 Å². The maximum atomic E-state index is 12.4. The van der Waals surface area contributed by atoms with Gasteiger partial charge in [-0.2, -0.15) is 0 Å². The molecule has 0 aliphatic carbocycles. The predicted molar refractivity (Wildman–Crippen MR) is 115 cm³/mol. The van der Waals surface area contributed by atoms with Gasteiger partial charge in [-0.05, 0) is 53.3 Å². The summed E-state index contributed by atoms with van der Waals surface area (Å²) in [5, 5.41) is 8.91. The molecule has 1 fully saturated rings. The quantitative estimate of drug-likeness (QED) is 0.232. The van der Waals surface area contributed by atoms with E-state index in [4.69, 9.17) is 26.8 Å². The molecular formula is C17H16INO7S2. The van der Waals surface area contributed by atoms with E-state index in [1.54, 1.807) is 25.1 Å². The number of carboxylic acid groups (broad SMARTS) is 1. The van der Waals surface area contributed by atoms with Crippen LogP contribution in [0, 0.1) is 3.57 Å². The molecule has 0 radical (unpaired) electrons. The number of thioether (sulfide) groups is 1. The summed E-state index contributed by atoms with van der Waals surface area (Å²) in [6.45, 7) is 1.43. The molecule has 1 aromatic carbocycles. The Morgan fingerprint density at radius 2 is 2.07 bits per heavy atom. The molecule has 0 atom stereocenters. The monoisotopic (exact) mass is 537 g/mol. The van der Waals surface area contributed by atoms with Crippen LogP contribution in [0.5, 0.6) is 11.5 Å². The number of benzene rings is 1. The number of rotatable bonds is 8. The van der Waals surface area contributed by atoms with Crippen molar-refractivity contribution in [2.24, 2.45) is 0 Å². The van der Waals surface area contributed by atoms with Crippen molar-refractivity contribution in [1.82, 2.24) is 4.90 Å². The van der Waals surface area contributed by atoms with Crippen LogP contribution in [-0.2, 0) is 19.1 Å². The third kappa shape index (κ3) is 5.58. The molecule has 2 rings (SSSR count). The molecule has 0 saturated carbocycles. The highest BCUT2D eigenvalue weighted by molar-refractivity contribution is 14.1. The second-order valence-electron chi connectivity index (χ2n) is 5.29. The van der Waals surface area contributed by atoms with Crippen LogP contribution in [0.3, 0.4) is 0 Å². The Bertz CT molecular complexity index is 856. The molecule has 1 heterocycles. The van der Waals surface area contributed by atoms with Gasteiger partial charge in [-0.3, -0.25) is 14.5 Å². The van der Waals surface area contributed by atoms with Crippen LogP contribution in [0.25, 0.3) is 6.08 Å². The highest BCUT2D eigenvalue weighted by atomic mass is 127. The number of ether oxygens (including phenoxy) is 3. The number of carboxylic acids is 1. The lowest BCUT2D eigenvalue weighted by Gasteiger charge is -2.14. The summed E-state index contributed by atoms with van der Waals surface area (Å²) in [6, 6.07) is 3.42. The maximum absolute atomic E-state index is 12.4. The van der Waals surface area contributed by atoms with E-state index in [9.17, 15) is 14.4 Å². The van der Waals surface area contributed by atoms with Gasteiger partial charge < -0.3 is 19.3 Å². The molecule has 1 aliphatic heterocycles. The van der Waals surface area contributed by atoms with E-state index < -0.39 is 24.4 Å². The summed E-state index contributed by atoms with van der Waals surface area (Å²) in [5.41, 5.74) is 0.647. The van der Waals surface area contributed by atoms with Crippen molar-refractivity contribution in [3.8, 4) is 11.5 Å². The summed E-state index contributed by atoms with van der Waals surface area (Å²) in [6.07, 6.45) is 1.61. The average Bonchev–Trinajstić information content (AvgIpc) is 2.88. The lowest BCUT2D eigenvalue weighted by molar-refractivity contribution is -0.143. The van der Waals surface area contributed by atoms with Crippen LogP contribution in [0.4, 0.5) is 0 Å². The van der Waals surface area contributed by atoms with E-state index in [2.05, 4.69) is 4.74 Å². The fourth-order valence-corrected chi connectivity index (χ4v) is 4.22. The molecule has 0 spiro atoms. The Morgan fingerprint density at radius 1 is 1.36 bits per heavy atom. The minimum absolute atomic E-state index is 0.191. The summed E-state index contributed by atoms with van der Waals surface area (Å²) in [7, 11) is 1.27. The molecule has 150 valence electrons. The maximum Gasteiger partial charge on any atom is 0.343 e. The van der Waals surface area contributed by atoms with Gasteiger partial charge in [0.05, 0.1) is 22.2 Å². The molecular weight excluding hydrogens is 521 g/mol. The number of hydrogen-bond donors (Lipinski definition) is 1. The molecule has 0 unspecified atom stereocenters. The molecule has 1 N–H and O–H groups in total. The number of thiocarbonyl (C=S) groups is 1. The second kappa shape index (κ2) is 10.1. The van der Waals surface area contributed by atoms with Gasteiger partial charge in [-0.25, -0.2) is 4.79 Å². The third-order valence-electron chi connectivity index (χ3n) is 3.36. The molecule has 11 heteroatoms. The van der Waals surface area contributed by atoms with Gasteiger partial charge in [-0.1, -0.05) is 24.0 Å². The molecule has 0 bridgehead atoms. The van der Waals surface area contributed by atoms with E-state index in [0.717, 1.165) is 16.7 Å². The SMILES string of the molecule is CCOc1cc(C=C2SC(=S)N(CC(=O)O)C2=O)cc(I)c1OCC(=O)OC. The number of carbonyl (C=O) groups excluding carboxylic acids is 2. The Morgan fingerprint density at radius 3 is 2.68 bits per heavy atom. The van der Waals surface area contributed by atoms with E-state index in [1.165, 1.54) is 7.11 Å². The number of carbonyl (C=O) groups is 3. The molecule has 0 aromatic heterocycles. The van der Waals surface area contributed by atoms with Crippen molar-refractivity contribution in [1.29, 1.82) is 0 Å². The smallest absolute Gasteiger partial charge is 0.343 e. The first kappa shape index (κ1) is 22.4. The van der Waals surface area contributed by atoms with Gasteiger partial charge in [0, 0.05) is 0 Å². The van der Waals surface area contributed by atoms with Gasteiger partial charge >= 0.3 is 11.9 Å². The molecule has 28 heavy (non-hydrogen) atoms. The van der Waals surface area contributed by atoms with E-state index >= 15 is 0 Å². The zero-order valence-corrected chi connectivity index (χ0v) is 18.7. The fourth-order valence-electron chi connectivity index (χ4n) is 2.19. The summed E-state index contributed by atoms with van der Waals surface area (Å²) < 4.78 is 16.5.